The van der Waals surface area contributed by atoms with E-state index in [1.165, 1.54) is 44.9 Å². The molecule has 0 amide bonds. The summed E-state index contributed by atoms with van der Waals surface area (Å²) in [6.45, 7) is 2.25. The first kappa shape index (κ1) is 13.9. The fraction of sp³-hybridized carbons (Fsp3) is 0.933. The number of aliphatic carboxylic acids is 1. The van der Waals surface area contributed by atoms with Crippen molar-refractivity contribution in [1.82, 2.24) is 0 Å². The van der Waals surface area contributed by atoms with Gasteiger partial charge < -0.3 is 9.84 Å². The lowest BCUT2D eigenvalue weighted by molar-refractivity contribution is -0.137. The first-order valence-corrected chi connectivity index (χ1v) is 7.50. The predicted octanol–water partition coefficient (Wildman–Crippen LogP) is 3.76. The Kier molecular flexibility index (Phi) is 4.66. The molecular formula is C15H26O3. The Balaban J connectivity index is 1.43. The van der Waals surface area contributed by atoms with E-state index in [0.29, 0.717) is 12.5 Å². The Hall–Kier alpha value is -0.570. The maximum absolute atomic E-state index is 10.3. The van der Waals surface area contributed by atoms with Crippen molar-refractivity contribution in [3.05, 3.63) is 0 Å². The Morgan fingerprint density at radius 1 is 1.28 bits per heavy atom. The Bertz CT molecular complexity index is 289. The minimum Gasteiger partial charge on any atom is -0.481 e. The lowest BCUT2D eigenvalue weighted by Crippen LogP contribution is -2.21. The van der Waals surface area contributed by atoms with Gasteiger partial charge in [-0.1, -0.05) is 32.1 Å². The third-order valence-corrected chi connectivity index (χ3v) is 4.63. The molecule has 1 heterocycles. The van der Waals surface area contributed by atoms with Crippen LogP contribution in [0.2, 0.25) is 0 Å². The molecule has 1 aliphatic heterocycles. The number of rotatable bonds is 8. The summed E-state index contributed by atoms with van der Waals surface area (Å²) in [6.07, 6.45) is 11.8. The molecule has 1 aliphatic carbocycles. The fourth-order valence-corrected chi connectivity index (χ4v) is 3.22. The number of fused-ring (bicyclic) bond motifs is 1. The van der Waals surface area contributed by atoms with E-state index in [2.05, 4.69) is 6.92 Å². The minimum atomic E-state index is -0.662. The quantitative estimate of drug-likeness (QED) is 0.530. The van der Waals surface area contributed by atoms with Gasteiger partial charge in [0.25, 0.3) is 0 Å². The Labute approximate surface area is 110 Å². The van der Waals surface area contributed by atoms with Gasteiger partial charge in [0.2, 0.25) is 0 Å². The van der Waals surface area contributed by atoms with Crippen LogP contribution in [0.1, 0.15) is 71.1 Å². The number of ether oxygens (including phenoxy) is 1. The normalized spacial score (nSPS) is 34.1. The van der Waals surface area contributed by atoms with Crippen molar-refractivity contribution < 1.29 is 14.6 Å². The summed E-state index contributed by atoms with van der Waals surface area (Å²) >= 11 is 0. The van der Waals surface area contributed by atoms with E-state index in [-0.39, 0.29) is 5.60 Å². The van der Waals surface area contributed by atoms with Crippen molar-refractivity contribution in [3.63, 3.8) is 0 Å². The molecule has 0 radical (unpaired) electrons. The van der Waals surface area contributed by atoms with E-state index in [1.807, 2.05) is 0 Å². The molecular weight excluding hydrogens is 228 g/mol. The number of unbranched alkanes of at least 4 members (excludes halogenated alkanes) is 4. The van der Waals surface area contributed by atoms with E-state index in [4.69, 9.17) is 9.84 Å². The smallest absolute Gasteiger partial charge is 0.303 e. The molecule has 3 unspecified atom stereocenters. The third-order valence-electron chi connectivity index (χ3n) is 4.63. The van der Waals surface area contributed by atoms with Crippen LogP contribution in [-0.4, -0.2) is 22.8 Å². The van der Waals surface area contributed by atoms with Gasteiger partial charge in [0.1, 0.15) is 0 Å². The molecule has 2 fully saturated rings. The van der Waals surface area contributed by atoms with Crippen LogP contribution < -0.4 is 0 Å². The summed E-state index contributed by atoms with van der Waals surface area (Å²) in [6, 6.07) is 0. The maximum atomic E-state index is 10.3. The zero-order valence-electron chi connectivity index (χ0n) is 11.5. The number of hydrogen-bond acceptors (Lipinski definition) is 2. The van der Waals surface area contributed by atoms with Crippen LogP contribution in [0.3, 0.4) is 0 Å². The van der Waals surface area contributed by atoms with Gasteiger partial charge in [-0.25, -0.2) is 0 Å². The number of carboxylic acid groups (broad SMARTS) is 1. The van der Waals surface area contributed by atoms with Crippen LogP contribution in [0.5, 0.6) is 0 Å². The van der Waals surface area contributed by atoms with Crippen molar-refractivity contribution in [2.75, 3.05) is 0 Å². The molecule has 18 heavy (non-hydrogen) atoms. The fourth-order valence-electron chi connectivity index (χ4n) is 3.22. The van der Waals surface area contributed by atoms with Gasteiger partial charge in [-0.15, -0.1) is 0 Å². The van der Waals surface area contributed by atoms with E-state index in [1.54, 1.807) is 0 Å². The molecule has 2 rings (SSSR count). The lowest BCUT2D eigenvalue weighted by atomic mass is 9.80. The minimum absolute atomic E-state index is 0.257. The lowest BCUT2D eigenvalue weighted by Gasteiger charge is -2.22. The highest BCUT2D eigenvalue weighted by Gasteiger charge is 2.54. The molecule has 3 atom stereocenters. The van der Waals surface area contributed by atoms with E-state index >= 15 is 0 Å². The molecule has 2 aliphatic rings. The average molecular weight is 254 g/mol. The molecule has 0 bridgehead atoms. The average Bonchev–Trinajstić information content (AvgIpc) is 2.98. The summed E-state index contributed by atoms with van der Waals surface area (Å²) in [5.41, 5.74) is 0.257. The SMILES string of the molecule is CC12CCC(CCCCCCCC(=O)O)CC1O2. The maximum Gasteiger partial charge on any atom is 0.303 e. The number of carboxylic acids is 1. The Morgan fingerprint density at radius 3 is 2.72 bits per heavy atom. The van der Waals surface area contributed by atoms with E-state index in [0.717, 1.165) is 18.8 Å². The van der Waals surface area contributed by atoms with Crippen molar-refractivity contribution in [1.29, 1.82) is 0 Å². The second-order valence-corrected chi connectivity index (χ2v) is 6.26. The van der Waals surface area contributed by atoms with Crippen LogP contribution in [0.15, 0.2) is 0 Å². The van der Waals surface area contributed by atoms with Gasteiger partial charge in [0, 0.05) is 6.42 Å². The molecule has 3 nitrogen and oxygen atoms in total. The van der Waals surface area contributed by atoms with Gasteiger partial charge in [-0.3, -0.25) is 4.79 Å². The zero-order chi connectivity index (χ0) is 13.0. The molecule has 1 N–H and O–H groups in total. The Morgan fingerprint density at radius 2 is 2.00 bits per heavy atom. The topological polar surface area (TPSA) is 49.8 Å². The van der Waals surface area contributed by atoms with Crippen LogP contribution in [0.25, 0.3) is 0 Å². The molecule has 104 valence electrons. The van der Waals surface area contributed by atoms with E-state index < -0.39 is 5.97 Å². The highest BCUT2D eigenvalue weighted by molar-refractivity contribution is 5.66. The second-order valence-electron chi connectivity index (χ2n) is 6.26. The van der Waals surface area contributed by atoms with Crippen molar-refractivity contribution >= 4 is 5.97 Å². The van der Waals surface area contributed by atoms with Crippen LogP contribution in [0, 0.1) is 5.92 Å². The summed E-state index contributed by atoms with van der Waals surface area (Å²) in [5.74, 6) is 0.217. The number of carbonyl (C=O) groups is 1. The van der Waals surface area contributed by atoms with Crippen LogP contribution in [0.4, 0.5) is 0 Å². The monoisotopic (exact) mass is 254 g/mol. The summed E-state index contributed by atoms with van der Waals surface area (Å²) in [4.78, 5) is 10.3. The zero-order valence-corrected chi connectivity index (χ0v) is 11.5. The van der Waals surface area contributed by atoms with Gasteiger partial charge >= 0.3 is 5.97 Å². The third kappa shape index (κ3) is 3.98. The van der Waals surface area contributed by atoms with E-state index in [9.17, 15) is 4.79 Å². The van der Waals surface area contributed by atoms with Gasteiger partial charge in [0.05, 0.1) is 11.7 Å². The summed E-state index contributed by atoms with van der Waals surface area (Å²) in [7, 11) is 0. The highest BCUT2D eigenvalue weighted by Crippen LogP contribution is 2.50. The van der Waals surface area contributed by atoms with Gasteiger partial charge in [-0.05, 0) is 38.5 Å². The van der Waals surface area contributed by atoms with Crippen molar-refractivity contribution in [3.8, 4) is 0 Å². The molecule has 1 saturated carbocycles. The first-order chi connectivity index (χ1) is 8.60. The van der Waals surface area contributed by atoms with Crippen LogP contribution in [-0.2, 0) is 9.53 Å². The molecule has 3 heteroatoms. The highest BCUT2D eigenvalue weighted by atomic mass is 16.6. The van der Waals surface area contributed by atoms with Gasteiger partial charge in [-0.2, -0.15) is 0 Å². The van der Waals surface area contributed by atoms with Crippen molar-refractivity contribution in [2.24, 2.45) is 5.92 Å². The summed E-state index contributed by atoms with van der Waals surface area (Å²) in [5, 5.41) is 8.52. The standard InChI is InChI=1S/C15H26O3/c1-15-10-9-12(11-13(15)18-15)7-5-3-2-4-6-8-14(16)17/h12-13H,2-11H2,1H3,(H,16,17). The number of hydrogen-bond donors (Lipinski definition) is 1. The molecule has 0 spiro atoms. The van der Waals surface area contributed by atoms with Crippen molar-refractivity contribution in [2.45, 2.75) is 82.8 Å². The van der Waals surface area contributed by atoms with Crippen LogP contribution >= 0.6 is 0 Å². The molecule has 0 aromatic heterocycles. The predicted molar refractivity (Wildman–Crippen MR) is 70.6 cm³/mol. The molecule has 1 saturated heterocycles. The summed E-state index contributed by atoms with van der Waals surface area (Å²) < 4.78 is 5.72. The number of epoxide rings is 1. The molecule has 0 aromatic carbocycles. The molecule has 0 aromatic rings. The van der Waals surface area contributed by atoms with Gasteiger partial charge in [0.15, 0.2) is 0 Å². The first-order valence-electron chi connectivity index (χ1n) is 7.50. The largest absolute Gasteiger partial charge is 0.481 e. The second kappa shape index (κ2) is 6.05.